The molecule has 0 aliphatic heterocycles. The van der Waals surface area contributed by atoms with Crippen LogP contribution in [0.1, 0.15) is 0 Å². The summed E-state index contributed by atoms with van der Waals surface area (Å²) in [5.74, 6) is -0.345. The van der Waals surface area contributed by atoms with Crippen LogP contribution in [0.4, 0.5) is 13.2 Å². The van der Waals surface area contributed by atoms with E-state index in [-0.39, 0.29) is 11.3 Å². The predicted molar refractivity (Wildman–Crippen MR) is 74.0 cm³/mol. The summed E-state index contributed by atoms with van der Waals surface area (Å²) in [5, 5.41) is 0. The van der Waals surface area contributed by atoms with Crippen LogP contribution in [0.25, 0.3) is 16.7 Å². The number of hydrogen-bond acceptors (Lipinski definition) is 3. The van der Waals surface area contributed by atoms with E-state index in [1.54, 1.807) is 24.3 Å². The SMILES string of the molecule is O=c1cnc2ccccc2n1-c1ccc(OC(F)(F)F)cc1. The zero-order valence-corrected chi connectivity index (χ0v) is 11.0. The first-order valence-electron chi connectivity index (χ1n) is 6.27. The number of ether oxygens (including phenoxy) is 1. The van der Waals surface area contributed by atoms with Gasteiger partial charge in [-0.15, -0.1) is 13.2 Å². The number of halogens is 3. The highest BCUT2D eigenvalue weighted by Gasteiger charge is 2.30. The summed E-state index contributed by atoms with van der Waals surface area (Å²) in [6.45, 7) is 0. The zero-order chi connectivity index (χ0) is 15.7. The van der Waals surface area contributed by atoms with Gasteiger partial charge in [0.1, 0.15) is 5.75 Å². The molecule has 0 amide bonds. The second-order valence-corrected chi connectivity index (χ2v) is 4.46. The number of alkyl halides is 3. The van der Waals surface area contributed by atoms with Crippen molar-refractivity contribution in [2.45, 2.75) is 6.36 Å². The van der Waals surface area contributed by atoms with Gasteiger partial charge in [0, 0.05) is 5.69 Å². The van der Waals surface area contributed by atoms with Crippen molar-refractivity contribution >= 4 is 11.0 Å². The Labute approximate surface area is 122 Å². The second-order valence-electron chi connectivity index (χ2n) is 4.46. The lowest BCUT2D eigenvalue weighted by Crippen LogP contribution is -2.19. The minimum absolute atomic E-state index is 0.345. The molecule has 0 atom stereocenters. The first-order valence-corrected chi connectivity index (χ1v) is 6.27. The van der Waals surface area contributed by atoms with Crippen LogP contribution in [0.2, 0.25) is 0 Å². The van der Waals surface area contributed by atoms with E-state index in [0.29, 0.717) is 16.7 Å². The first kappa shape index (κ1) is 14.1. The Bertz CT molecular complexity index is 870. The summed E-state index contributed by atoms with van der Waals surface area (Å²) >= 11 is 0. The average Bonchev–Trinajstić information content (AvgIpc) is 2.47. The van der Waals surface area contributed by atoms with Gasteiger partial charge in [-0.25, -0.2) is 4.98 Å². The molecular weight excluding hydrogens is 297 g/mol. The van der Waals surface area contributed by atoms with Gasteiger partial charge in [-0.1, -0.05) is 12.1 Å². The van der Waals surface area contributed by atoms with Crippen molar-refractivity contribution in [3.63, 3.8) is 0 Å². The maximum atomic E-state index is 12.2. The molecule has 0 N–H and O–H groups in total. The predicted octanol–water partition coefficient (Wildman–Crippen LogP) is 3.28. The highest BCUT2D eigenvalue weighted by atomic mass is 19.4. The van der Waals surface area contributed by atoms with E-state index in [2.05, 4.69) is 9.72 Å². The normalized spacial score (nSPS) is 11.6. The molecule has 0 aliphatic rings. The van der Waals surface area contributed by atoms with Crippen LogP contribution in [-0.2, 0) is 0 Å². The molecule has 4 nitrogen and oxygen atoms in total. The van der Waals surface area contributed by atoms with Gasteiger partial charge in [-0.2, -0.15) is 0 Å². The third-order valence-corrected chi connectivity index (χ3v) is 2.99. The molecule has 3 rings (SSSR count). The van der Waals surface area contributed by atoms with Crippen molar-refractivity contribution in [2.75, 3.05) is 0 Å². The lowest BCUT2D eigenvalue weighted by molar-refractivity contribution is -0.274. The minimum atomic E-state index is -4.75. The number of benzene rings is 2. The van der Waals surface area contributed by atoms with Crippen molar-refractivity contribution < 1.29 is 17.9 Å². The van der Waals surface area contributed by atoms with Crippen molar-refractivity contribution in [3.8, 4) is 11.4 Å². The van der Waals surface area contributed by atoms with Crippen LogP contribution in [0.15, 0.2) is 59.5 Å². The van der Waals surface area contributed by atoms with Crippen LogP contribution in [0.3, 0.4) is 0 Å². The maximum Gasteiger partial charge on any atom is 0.573 e. The van der Waals surface area contributed by atoms with Gasteiger partial charge in [-0.05, 0) is 36.4 Å². The van der Waals surface area contributed by atoms with Crippen molar-refractivity contribution in [1.29, 1.82) is 0 Å². The van der Waals surface area contributed by atoms with Gasteiger partial charge in [0.15, 0.2) is 0 Å². The third-order valence-electron chi connectivity index (χ3n) is 2.99. The fraction of sp³-hybridized carbons (Fsp3) is 0.0667. The molecule has 0 spiro atoms. The number of aromatic nitrogens is 2. The molecule has 0 fully saturated rings. The lowest BCUT2D eigenvalue weighted by Gasteiger charge is -2.11. The molecule has 0 bridgehead atoms. The Morgan fingerprint density at radius 3 is 2.36 bits per heavy atom. The maximum absolute atomic E-state index is 12.2. The highest BCUT2D eigenvalue weighted by Crippen LogP contribution is 2.24. The van der Waals surface area contributed by atoms with Gasteiger partial charge in [0.25, 0.3) is 5.56 Å². The van der Waals surface area contributed by atoms with Gasteiger partial charge in [0.05, 0.1) is 17.2 Å². The highest BCUT2D eigenvalue weighted by molar-refractivity contribution is 5.76. The fourth-order valence-corrected chi connectivity index (χ4v) is 2.13. The molecule has 0 aliphatic carbocycles. The molecule has 1 aromatic heterocycles. The standard InChI is InChI=1S/C15H9F3N2O2/c16-15(17,18)22-11-7-5-10(6-8-11)20-13-4-2-1-3-12(13)19-9-14(20)21/h1-9H. The number of nitrogens with zero attached hydrogens (tertiary/aromatic N) is 2. The quantitative estimate of drug-likeness (QED) is 0.730. The molecular formula is C15H9F3N2O2. The van der Waals surface area contributed by atoms with E-state index in [1.807, 2.05) is 0 Å². The zero-order valence-electron chi connectivity index (χ0n) is 11.0. The molecule has 1 heterocycles. The molecule has 0 unspecified atom stereocenters. The second kappa shape index (κ2) is 5.18. The van der Waals surface area contributed by atoms with Crippen LogP contribution in [-0.4, -0.2) is 15.9 Å². The van der Waals surface area contributed by atoms with Crippen molar-refractivity contribution in [2.24, 2.45) is 0 Å². The summed E-state index contributed by atoms with van der Waals surface area (Å²) in [5.41, 5.74) is 1.23. The van der Waals surface area contributed by atoms with Crippen LogP contribution < -0.4 is 10.3 Å². The molecule has 3 aromatic rings. The Kier molecular flexibility index (Phi) is 3.32. The van der Waals surface area contributed by atoms with Gasteiger partial charge in [-0.3, -0.25) is 9.36 Å². The van der Waals surface area contributed by atoms with Crippen LogP contribution >= 0.6 is 0 Å². The van der Waals surface area contributed by atoms with E-state index < -0.39 is 6.36 Å². The lowest BCUT2D eigenvalue weighted by atomic mass is 10.2. The summed E-state index contributed by atoms with van der Waals surface area (Å²) in [4.78, 5) is 16.1. The number of rotatable bonds is 2. The largest absolute Gasteiger partial charge is 0.573 e. The molecule has 22 heavy (non-hydrogen) atoms. The number of para-hydroxylation sites is 2. The Morgan fingerprint density at radius 1 is 1.00 bits per heavy atom. The van der Waals surface area contributed by atoms with Gasteiger partial charge < -0.3 is 4.74 Å². The van der Waals surface area contributed by atoms with Gasteiger partial charge >= 0.3 is 6.36 Å². The van der Waals surface area contributed by atoms with E-state index in [4.69, 9.17) is 0 Å². The van der Waals surface area contributed by atoms with Crippen molar-refractivity contribution in [3.05, 3.63) is 65.1 Å². The third kappa shape index (κ3) is 2.78. The van der Waals surface area contributed by atoms with E-state index in [9.17, 15) is 18.0 Å². The van der Waals surface area contributed by atoms with Gasteiger partial charge in [0.2, 0.25) is 0 Å². The first-order chi connectivity index (χ1) is 10.4. The number of hydrogen-bond donors (Lipinski definition) is 0. The van der Waals surface area contributed by atoms with E-state index in [1.165, 1.54) is 22.9 Å². The number of fused-ring (bicyclic) bond motifs is 1. The fourth-order valence-electron chi connectivity index (χ4n) is 2.13. The average molecular weight is 306 g/mol. The van der Waals surface area contributed by atoms with E-state index in [0.717, 1.165) is 12.1 Å². The molecule has 112 valence electrons. The Balaban J connectivity index is 2.08. The molecule has 2 aromatic carbocycles. The summed E-state index contributed by atoms with van der Waals surface area (Å²) < 4.78 is 41.6. The van der Waals surface area contributed by atoms with E-state index >= 15 is 0 Å². The summed E-state index contributed by atoms with van der Waals surface area (Å²) in [6.07, 6.45) is -3.58. The molecule has 7 heteroatoms. The van der Waals surface area contributed by atoms with Crippen LogP contribution in [0, 0.1) is 0 Å². The van der Waals surface area contributed by atoms with Crippen molar-refractivity contribution in [1.82, 2.24) is 9.55 Å². The molecule has 0 radical (unpaired) electrons. The topological polar surface area (TPSA) is 44.1 Å². The Hall–Kier alpha value is -2.83. The minimum Gasteiger partial charge on any atom is -0.406 e. The summed E-state index contributed by atoms with van der Waals surface area (Å²) in [6, 6.07) is 12.1. The Morgan fingerprint density at radius 2 is 1.68 bits per heavy atom. The molecule has 0 saturated carbocycles. The monoisotopic (exact) mass is 306 g/mol. The smallest absolute Gasteiger partial charge is 0.406 e. The van der Waals surface area contributed by atoms with Crippen LogP contribution in [0.5, 0.6) is 5.75 Å². The molecule has 0 saturated heterocycles. The summed E-state index contributed by atoms with van der Waals surface area (Å²) in [7, 11) is 0.